The molecule has 1 aromatic carbocycles. The standard InChI is InChI=1S/C14H15N3OS3/c1-9-11-5-3-2-4-10(11)6-7-17(9)12(18)8-20-14-16-15-13(19)21-14/h2-5,9H,6-8H2,1H3,(H,15,19). The zero-order valence-electron chi connectivity index (χ0n) is 11.5. The predicted molar refractivity (Wildman–Crippen MR) is 88.3 cm³/mol. The number of nitrogens with zero attached hydrogens (tertiary/aromatic N) is 2. The number of carbonyl (C=O) groups excluding carboxylic acids is 1. The number of rotatable bonds is 3. The zero-order chi connectivity index (χ0) is 14.8. The van der Waals surface area contributed by atoms with Gasteiger partial charge in [0, 0.05) is 6.54 Å². The zero-order valence-corrected chi connectivity index (χ0v) is 14.0. The molecule has 110 valence electrons. The lowest BCUT2D eigenvalue weighted by atomic mass is 9.94. The highest BCUT2D eigenvalue weighted by Crippen LogP contribution is 2.30. The van der Waals surface area contributed by atoms with Gasteiger partial charge in [0.25, 0.3) is 0 Å². The summed E-state index contributed by atoms with van der Waals surface area (Å²) < 4.78 is 1.46. The molecule has 1 N–H and O–H groups in total. The van der Waals surface area contributed by atoms with Gasteiger partial charge in [-0.15, -0.1) is 0 Å². The first-order valence-electron chi connectivity index (χ1n) is 6.71. The third-order valence-corrected chi connectivity index (χ3v) is 5.87. The van der Waals surface area contributed by atoms with Crippen molar-refractivity contribution in [2.45, 2.75) is 23.7 Å². The van der Waals surface area contributed by atoms with Crippen LogP contribution in [0.15, 0.2) is 28.6 Å². The van der Waals surface area contributed by atoms with Crippen molar-refractivity contribution in [2.75, 3.05) is 12.3 Å². The highest BCUT2D eigenvalue weighted by Gasteiger charge is 2.27. The number of aromatic amines is 1. The van der Waals surface area contributed by atoms with Crippen molar-refractivity contribution in [3.8, 4) is 0 Å². The van der Waals surface area contributed by atoms with Gasteiger partial charge in [0.05, 0.1) is 11.8 Å². The quantitative estimate of drug-likeness (QED) is 0.688. The summed E-state index contributed by atoms with van der Waals surface area (Å²) in [5.74, 6) is 0.561. The predicted octanol–water partition coefficient (Wildman–Crippen LogP) is 3.44. The van der Waals surface area contributed by atoms with Gasteiger partial charge in [-0.1, -0.05) is 47.4 Å². The summed E-state index contributed by atoms with van der Waals surface area (Å²) in [6, 6.07) is 8.50. The molecule has 2 heterocycles. The van der Waals surface area contributed by atoms with E-state index in [1.54, 1.807) is 0 Å². The van der Waals surface area contributed by atoms with E-state index in [1.165, 1.54) is 34.2 Å². The van der Waals surface area contributed by atoms with Crippen molar-refractivity contribution in [1.29, 1.82) is 0 Å². The Hall–Kier alpha value is -1.18. The summed E-state index contributed by atoms with van der Waals surface area (Å²) in [4.78, 5) is 14.4. The first-order valence-corrected chi connectivity index (χ1v) is 8.92. The first kappa shape index (κ1) is 14.7. The van der Waals surface area contributed by atoms with Gasteiger partial charge >= 0.3 is 0 Å². The van der Waals surface area contributed by atoms with E-state index < -0.39 is 0 Å². The molecule has 0 spiro atoms. The Balaban J connectivity index is 1.67. The van der Waals surface area contributed by atoms with E-state index in [9.17, 15) is 4.79 Å². The number of thioether (sulfide) groups is 1. The van der Waals surface area contributed by atoms with Gasteiger partial charge in [-0.2, -0.15) is 5.10 Å². The lowest BCUT2D eigenvalue weighted by Gasteiger charge is -2.35. The molecule has 0 bridgehead atoms. The van der Waals surface area contributed by atoms with Crippen molar-refractivity contribution in [3.05, 3.63) is 39.3 Å². The van der Waals surface area contributed by atoms with Crippen LogP contribution in [0.3, 0.4) is 0 Å². The first-order chi connectivity index (χ1) is 10.1. The molecule has 7 heteroatoms. The molecule has 0 fully saturated rings. The average Bonchev–Trinajstić information content (AvgIpc) is 2.91. The van der Waals surface area contributed by atoms with Crippen molar-refractivity contribution < 1.29 is 4.79 Å². The summed E-state index contributed by atoms with van der Waals surface area (Å²) in [7, 11) is 0. The fraction of sp³-hybridized carbons (Fsp3) is 0.357. The second-order valence-electron chi connectivity index (χ2n) is 4.88. The molecule has 2 aromatic rings. The molecule has 1 aromatic heterocycles. The summed E-state index contributed by atoms with van der Waals surface area (Å²) in [6.45, 7) is 2.88. The Kier molecular flexibility index (Phi) is 4.42. The molecular weight excluding hydrogens is 322 g/mol. The highest BCUT2D eigenvalue weighted by atomic mass is 32.2. The van der Waals surface area contributed by atoms with Crippen LogP contribution < -0.4 is 0 Å². The number of fused-ring (bicyclic) bond motifs is 1. The molecule has 1 unspecified atom stereocenters. The number of aromatic nitrogens is 2. The lowest BCUT2D eigenvalue weighted by molar-refractivity contribution is -0.130. The summed E-state index contributed by atoms with van der Waals surface area (Å²) in [5, 5.41) is 6.80. The van der Waals surface area contributed by atoms with E-state index in [4.69, 9.17) is 12.2 Å². The van der Waals surface area contributed by atoms with Crippen molar-refractivity contribution in [1.82, 2.24) is 15.1 Å². The normalized spacial score (nSPS) is 17.6. The Bertz CT molecular complexity index is 709. The van der Waals surface area contributed by atoms with E-state index in [0.29, 0.717) is 9.71 Å². The molecule has 1 amide bonds. The van der Waals surface area contributed by atoms with Gasteiger partial charge in [0.1, 0.15) is 0 Å². The number of hydrogen-bond donors (Lipinski definition) is 1. The monoisotopic (exact) mass is 337 g/mol. The van der Waals surface area contributed by atoms with E-state index >= 15 is 0 Å². The van der Waals surface area contributed by atoms with Crippen LogP contribution in [0.4, 0.5) is 0 Å². The van der Waals surface area contributed by atoms with Gasteiger partial charge in [0.15, 0.2) is 8.29 Å². The minimum Gasteiger partial charge on any atom is -0.335 e. The smallest absolute Gasteiger partial charge is 0.233 e. The van der Waals surface area contributed by atoms with Crippen molar-refractivity contribution in [3.63, 3.8) is 0 Å². The van der Waals surface area contributed by atoms with Gasteiger partial charge in [-0.3, -0.25) is 9.89 Å². The summed E-state index contributed by atoms with van der Waals surface area (Å²) in [5.41, 5.74) is 2.62. The van der Waals surface area contributed by atoms with E-state index in [-0.39, 0.29) is 11.9 Å². The van der Waals surface area contributed by atoms with Crippen molar-refractivity contribution in [2.24, 2.45) is 0 Å². The van der Waals surface area contributed by atoms with Gasteiger partial charge < -0.3 is 4.90 Å². The highest BCUT2D eigenvalue weighted by molar-refractivity contribution is 8.01. The molecular formula is C14H15N3OS3. The average molecular weight is 337 g/mol. The summed E-state index contributed by atoms with van der Waals surface area (Å²) in [6.07, 6.45) is 0.929. The largest absolute Gasteiger partial charge is 0.335 e. The lowest BCUT2D eigenvalue weighted by Crippen LogP contribution is -2.39. The van der Waals surface area contributed by atoms with Crippen molar-refractivity contribution >= 4 is 41.2 Å². The van der Waals surface area contributed by atoms with Gasteiger partial charge in [-0.05, 0) is 36.7 Å². The Morgan fingerprint density at radius 1 is 1.57 bits per heavy atom. The van der Waals surface area contributed by atoms with Crippen LogP contribution in [-0.4, -0.2) is 33.3 Å². The SMILES string of the molecule is CC1c2ccccc2CCN1C(=O)CSc1n[nH]c(=S)s1. The maximum absolute atomic E-state index is 12.4. The van der Waals surface area contributed by atoms with Crippen LogP contribution in [0.1, 0.15) is 24.1 Å². The maximum atomic E-state index is 12.4. The topological polar surface area (TPSA) is 49.0 Å². The Morgan fingerprint density at radius 2 is 2.38 bits per heavy atom. The Labute approximate surface area is 136 Å². The number of nitrogens with one attached hydrogen (secondary N) is 1. The second kappa shape index (κ2) is 6.29. The van der Waals surface area contributed by atoms with Crippen LogP contribution in [0.25, 0.3) is 0 Å². The van der Waals surface area contributed by atoms with E-state index in [1.807, 2.05) is 11.0 Å². The van der Waals surface area contributed by atoms with E-state index in [0.717, 1.165) is 17.3 Å². The molecule has 1 atom stereocenters. The van der Waals surface area contributed by atoms with Crippen LogP contribution in [0.5, 0.6) is 0 Å². The Morgan fingerprint density at radius 3 is 3.14 bits per heavy atom. The molecule has 0 aliphatic carbocycles. The fourth-order valence-corrected chi connectivity index (χ4v) is 4.56. The fourth-order valence-electron chi connectivity index (χ4n) is 2.60. The third-order valence-electron chi connectivity index (χ3n) is 3.65. The molecule has 4 nitrogen and oxygen atoms in total. The molecule has 0 radical (unpaired) electrons. The maximum Gasteiger partial charge on any atom is 0.233 e. The molecule has 0 saturated heterocycles. The van der Waals surface area contributed by atoms with Crippen LogP contribution in [0.2, 0.25) is 0 Å². The van der Waals surface area contributed by atoms with Gasteiger partial charge in [0.2, 0.25) is 5.91 Å². The molecule has 0 saturated carbocycles. The second-order valence-corrected chi connectivity index (χ2v) is 7.77. The van der Waals surface area contributed by atoms with Gasteiger partial charge in [-0.25, -0.2) is 0 Å². The van der Waals surface area contributed by atoms with Crippen LogP contribution in [-0.2, 0) is 11.2 Å². The van der Waals surface area contributed by atoms with E-state index in [2.05, 4.69) is 35.3 Å². The molecule has 1 aliphatic heterocycles. The molecule has 3 rings (SSSR count). The molecule has 21 heavy (non-hydrogen) atoms. The molecule has 1 aliphatic rings. The number of benzene rings is 1. The number of H-pyrrole nitrogens is 1. The van der Waals surface area contributed by atoms with Crippen LogP contribution >= 0.6 is 35.3 Å². The van der Waals surface area contributed by atoms with Crippen LogP contribution in [0, 0.1) is 3.95 Å². The minimum absolute atomic E-state index is 0.139. The summed E-state index contributed by atoms with van der Waals surface area (Å²) >= 11 is 7.84. The number of hydrogen-bond acceptors (Lipinski definition) is 5. The number of amides is 1. The minimum atomic E-state index is 0.139. The number of carbonyl (C=O) groups is 1. The third kappa shape index (κ3) is 3.20.